The Balaban J connectivity index is 1.48. The molecule has 1 aliphatic carbocycles. The molecular weight excluding hydrogens is 698 g/mol. The van der Waals surface area contributed by atoms with Crippen LogP contribution in [0.4, 0.5) is 24.8 Å². The highest BCUT2D eigenvalue weighted by molar-refractivity contribution is 14.1. The number of carbonyl (C=O) groups is 2. The van der Waals surface area contributed by atoms with Crippen LogP contribution in [0, 0.1) is 0 Å². The highest BCUT2D eigenvalue weighted by atomic mass is 127. The Labute approximate surface area is 272 Å². The number of nitrogens with zero attached hydrogens (tertiary/aromatic N) is 4. The lowest BCUT2D eigenvalue weighted by atomic mass is 9.90. The fraction of sp³-hybridized carbons (Fsp3) is 0.344. The third kappa shape index (κ3) is 7.45. The Bertz CT molecular complexity index is 1720. The van der Waals surface area contributed by atoms with Gasteiger partial charge >= 0.3 is 6.18 Å². The lowest BCUT2D eigenvalue weighted by molar-refractivity contribution is -0.137. The van der Waals surface area contributed by atoms with Gasteiger partial charge in [-0.1, -0.05) is 53.8 Å². The number of anilines is 2. The normalized spacial score (nSPS) is 17.1. The van der Waals surface area contributed by atoms with Crippen molar-refractivity contribution < 1.29 is 22.8 Å². The molecule has 4 N–H and O–H groups in total. The zero-order valence-corrected chi connectivity index (χ0v) is 26.7. The van der Waals surface area contributed by atoms with Gasteiger partial charge in [-0.3, -0.25) is 14.3 Å². The fourth-order valence-corrected chi connectivity index (χ4v) is 6.09. The maximum atomic E-state index is 13.1. The van der Waals surface area contributed by atoms with Gasteiger partial charge in [-0.2, -0.15) is 18.3 Å². The summed E-state index contributed by atoms with van der Waals surface area (Å²) in [5.74, 6) is -0.435. The molecule has 0 aliphatic heterocycles. The number of pyridine rings is 2. The van der Waals surface area contributed by atoms with E-state index in [4.69, 9.17) is 10.8 Å². The number of nitrogens with one attached hydrogen (secondary N) is 2. The molecule has 45 heavy (non-hydrogen) atoms. The highest BCUT2D eigenvalue weighted by Gasteiger charge is 2.31. The standard InChI is InChI=1S/C32H33F3IN7O2/c1-2-3-5-21-18-39-30(37)27-28(42-43(29(21)27)24-7-4-6-23(17-24)40-26(44)12-14-36)19-8-10-20(11-9-19)31(45)41-25-16-22(13-15-38-25)32(33,34)35/h3,5,8-11,13,15-16,18,23-24H,2,4,6-7,12,14,17H2,1H3,(H2,37,39)(H,40,44)(H,38,41,45)/b5-3+/t23-,24-/m1/s1. The molecule has 2 amide bonds. The van der Waals surface area contributed by atoms with Gasteiger partial charge in [0.05, 0.1) is 22.5 Å². The number of rotatable bonds is 9. The maximum Gasteiger partial charge on any atom is 0.416 e. The molecule has 0 unspecified atom stereocenters. The Morgan fingerprint density at radius 1 is 1.16 bits per heavy atom. The first kappa shape index (κ1) is 32.4. The Morgan fingerprint density at radius 3 is 2.64 bits per heavy atom. The predicted molar refractivity (Wildman–Crippen MR) is 177 cm³/mol. The van der Waals surface area contributed by atoms with E-state index in [0.29, 0.717) is 28.9 Å². The number of hydrogen-bond acceptors (Lipinski definition) is 6. The third-order valence-electron chi connectivity index (χ3n) is 7.74. The zero-order chi connectivity index (χ0) is 32.1. The molecule has 1 aliphatic rings. The molecule has 3 aromatic heterocycles. The average Bonchev–Trinajstić information content (AvgIpc) is 3.43. The zero-order valence-electron chi connectivity index (χ0n) is 24.6. The topological polar surface area (TPSA) is 128 Å². The molecule has 1 aromatic carbocycles. The van der Waals surface area contributed by atoms with E-state index in [2.05, 4.69) is 43.2 Å². The number of alkyl halides is 4. The van der Waals surface area contributed by atoms with Gasteiger partial charge in [-0.25, -0.2) is 9.97 Å². The number of benzene rings is 1. The SMILES string of the molecule is CC/C=C/c1cnc(N)c2c(-c3ccc(C(=O)Nc4cc(C(F)(F)F)ccn4)cc3)nn([C@@H]3CCC[C@@H](NC(=O)CCI)C3)c12. The van der Waals surface area contributed by atoms with E-state index in [1.165, 1.54) is 0 Å². The van der Waals surface area contributed by atoms with Gasteiger partial charge in [0.2, 0.25) is 5.91 Å². The summed E-state index contributed by atoms with van der Waals surface area (Å²) < 4.78 is 42.1. The minimum Gasteiger partial charge on any atom is -0.383 e. The van der Waals surface area contributed by atoms with Crippen LogP contribution in [0.15, 0.2) is 54.9 Å². The minimum atomic E-state index is -4.56. The molecule has 13 heteroatoms. The van der Waals surface area contributed by atoms with Crippen molar-refractivity contribution in [2.75, 3.05) is 15.5 Å². The van der Waals surface area contributed by atoms with Crippen LogP contribution in [0.1, 0.15) is 73.0 Å². The van der Waals surface area contributed by atoms with Crippen LogP contribution in [0.2, 0.25) is 0 Å². The van der Waals surface area contributed by atoms with E-state index in [9.17, 15) is 22.8 Å². The number of nitrogens with two attached hydrogens (primary N) is 1. The number of fused-ring (bicyclic) bond motifs is 1. The largest absolute Gasteiger partial charge is 0.416 e. The summed E-state index contributed by atoms with van der Waals surface area (Å²) in [7, 11) is 0. The number of nitrogen functional groups attached to an aromatic ring is 1. The van der Waals surface area contributed by atoms with Crippen LogP contribution in [0.3, 0.4) is 0 Å². The molecule has 3 heterocycles. The van der Waals surface area contributed by atoms with Crippen LogP contribution in [0.25, 0.3) is 28.2 Å². The molecule has 9 nitrogen and oxygen atoms in total. The van der Waals surface area contributed by atoms with Crippen molar-refractivity contribution in [1.29, 1.82) is 0 Å². The summed E-state index contributed by atoms with van der Waals surface area (Å²) >= 11 is 2.20. The second-order valence-electron chi connectivity index (χ2n) is 10.9. The number of hydrogen-bond donors (Lipinski definition) is 3. The first-order valence-corrected chi connectivity index (χ1v) is 16.2. The van der Waals surface area contributed by atoms with Gasteiger partial charge in [0.25, 0.3) is 5.91 Å². The number of allylic oxidation sites excluding steroid dienone is 1. The molecule has 4 aromatic rings. The van der Waals surface area contributed by atoms with E-state index in [0.717, 1.165) is 65.9 Å². The van der Waals surface area contributed by atoms with Crippen LogP contribution < -0.4 is 16.4 Å². The van der Waals surface area contributed by atoms with Gasteiger partial charge in [0.1, 0.15) is 17.3 Å². The van der Waals surface area contributed by atoms with E-state index < -0.39 is 17.6 Å². The molecule has 2 atom stereocenters. The molecule has 5 rings (SSSR count). The Hall–Kier alpha value is -4.01. The molecular formula is C32H33F3IN7O2. The smallest absolute Gasteiger partial charge is 0.383 e. The van der Waals surface area contributed by atoms with Gasteiger partial charge in [-0.15, -0.1) is 0 Å². The van der Waals surface area contributed by atoms with Crippen molar-refractivity contribution in [3.05, 3.63) is 71.6 Å². The monoisotopic (exact) mass is 731 g/mol. The number of amides is 2. The number of carbonyl (C=O) groups excluding carboxylic acids is 2. The summed E-state index contributed by atoms with van der Waals surface area (Å²) in [5, 5.41) is 11.4. The van der Waals surface area contributed by atoms with Crippen LogP contribution in [-0.2, 0) is 11.0 Å². The average molecular weight is 732 g/mol. The van der Waals surface area contributed by atoms with Crippen molar-refractivity contribution in [3.63, 3.8) is 0 Å². The summed E-state index contributed by atoms with van der Waals surface area (Å²) in [6.45, 7) is 2.05. The van der Waals surface area contributed by atoms with Gasteiger partial charge in [0, 0.05) is 46.0 Å². The lowest BCUT2D eigenvalue weighted by Crippen LogP contribution is -2.39. The highest BCUT2D eigenvalue weighted by Crippen LogP contribution is 2.39. The quantitative estimate of drug-likeness (QED) is 0.124. The third-order valence-corrected chi connectivity index (χ3v) is 8.28. The Morgan fingerprint density at radius 2 is 1.93 bits per heavy atom. The van der Waals surface area contributed by atoms with Crippen LogP contribution >= 0.6 is 22.6 Å². The summed E-state index contributed by atoms with van der Waals surface area (Å²) in [5.41, 5.74) is 8.82. The van der Waals surface area contributed by atoms with Crippen molar-refractivity contribution >= 4 is 63.0 Å². The first-order chi connectivity index (χ1) is 21.6. The predicted octanol–water partition coefficient (Wildman–Crippen LogP) is 7.19. The van der Waals surface area contributed by atoms with Gasteiger partial charge < -0.3 is 16.4 Å². The number of aromatic nitrogens is 4. The second-order valence-corrected chi connectivity index (χ2v) is 12.0. The maximum absolute atomic E-state index is 13.1. The van der Waals surface area contributed by atoms with E-state index in [1.54, 1.807) is 30.5 Å². The van der Waals surface area contributed by atoms with Crippen molar-refractivity contribution in [2.45, 2.75) is 63.7 Å². The lowest BCUT2D eigenvalue weighted by Gasteiger charge is -2.30. The Kier molecular flexibility index (Phi) is 10.0. The number of halogens is 4. The molecule has 0 spiro atoms. The molecule has 1 saturated carbocycles. The van der Waals surface area contributed by atoms with E-state index in [-0.39, 0.29) is 29.4 Å². The summed E-state index contributed by atoms with van der Waals surface area (Å²) in [6.07, 6.45) is 7.00. The second kappa shape index (κ2) is 14.0. The molecule has 0 bridgehead atoms. The molecule has 0 radical (unpaired) electrons. The van der Waals surface area contributed by atoms with E-state index in [1.807, 2.05) is 23.8 Å². The van der Waals surface area contributed by atoms with Crippen LogP contribution in [0.5, 0.6) is 0 Å². The van der Waals surface area contributed by atoms with Gasteiger partial charge in [-0.05, 0) is 56.4 Å². The molecule has 236 valence electrons. The minimum absolute atomic E-state index is 0.0143. The molecule has 1 fully saturated rings. The molecule has 0 saturated heterocycles. The van der Waals surface area contributed by atoms with Crippen molar-refractivity contribution in [1.82, 2.24) is 25.1 Å². The summed E-state index contributed by atoms with van der Waals surface area (Å²) in [6, 6.07) is 8.29. The first-order valence-electron chi connectivity index (χ1n) is 14.7. The van der Waals surface area contributed by atoms with Crippen molar-refractivity contribution in [2.24, 2.45) is 0 Å². The van der Waals surface area contributed by atoms with Crippen LogP contribution in [-0.4, -0.2) is 42.0 Å². The van der Waals surface area contributed by atoms with Crippen molar-refractivity contribution in [3.8, 4) is 11.3 Å². The fourth-order valence-electron chi connectivity index (χ4n) is 5.60. The van der Waals surface area contributed by atoms with E-state index >= 15 is 0 Å². The van der Waals surface area contributed by atoms with Gasteiger partial charge in [0.15, 0.2) is 0 Å². The summed E-state index contributed by atoms with van der Waals surface area (Å²) in [4.78, 5) is 33.5.